The summed E-state index contributed by atoms with van der Waals surface area (Å²) >= 11 is 0. The molecule has 48 heavy (non-hydrogen) atoms. The van der Waals surface area contributed by atoms with E-state index in [-0.39, 0.29) is 17.4 Å². The van der Waals surface area contributed by atoms with Crippen LogP contribution in [0.15, 0.2) is 122 Å². The first kappa shape index (κ1) is 28.8. The van der Waals surface area contributed by atoms with E-state index < -0.39 is 0 Å². The minimum absolute atomic E-state index is 0.293. The highest BCUT2D eigenvalue weighted by atomic mass is 19.1. The van der Waals surface area contributed by atoms with Crippen molar-refractivity contribution in [2.75, 3.05) is 11.5 Å². The highest BCUT2D eigenvalue weighted by Gasteiger charge is 2.28. The Morgan fingerprint density at radius 3 is 1.33 bits per heavy atom. The number of carbonyl (C=O) groups is 1. The Morgan fingerprint density at radius 1 is 0.521 bits per heavy atom. The number of nitrogens with one attached hydrogen (secondary N) is 2. The van der Waals surface area contributed by atoms with Crippen LogP contribution in [0.3, 0.4) is 0 Å². The van der Waals surface area contributed by atoms with Crippen LogP contribution in [0.1, 0.15) is 15.9 Å². The van der Waals surface area contributed by atoms with Crippen LogP contribution in [-0.4, -0.2) is 25.7 Å². The molecular formula is C39H26F2N6O. The highest BCUT2D eigenvalue weighted by Crippen LogP contribution is 2.39. The third kappa shape index (κ3) is 5.03. The number of H-pyrrole nitrogens is 2. The van der Waals surface area contributed by atoms with Gasteiger partial charge in [-0.3, -0.25) is 4.79 Å². The summed E-state index contributed by atoms with van der Waals surface area (Å²) in [6, 6.07) is 30.5. The number of nitrogen functional groups attached to an aromatic ring is 2. The van der Waals surface area contributed by atoms with E-state index in [0.29, 0.717) is 78.2 Å². The predicted molar refractivity (Wildman–Crippen MR) is 186 cm³/mol. The monoisotopic (exact) mass is 632 g/mol. The lowest BCUT2D eigenvalue weighted by Gasteiger charge is -2.09. The van der Waals surface area contributed by atoms with Crippen molar-refractivity contribution in [3.8, 4) is 44.8 Å². The van der Waals surface area contributed by atoms with Gasteiger partial charge in [0.05, 0.1) is 22.5 Å². The summed E-state index contributed by atoms with van der Waals surface area (Å²) in [5.74, 6) is -0.994. The molecule has 4 heterocycles. The largest absolute Gasteiger partial charge is 0.399 e. The van der Waals surface area contributed by atoms with E-state index in [1.165, 1.54) is 24.3 Å². The Hall–Kier alpha value is -6.61. The molecule has 232 valence electrons. The number of rotatable bonds is 6. The van der Waals surface area contributed by atoms with Crippen molar-refractivity contribution in [1.82, 2.24) is 19.9 Å². The molecule has 0 saturated heterocycles. The van der Waals surface area contributed by atoms with Crippen molar-refractivity contribution in [2.45, 2.75) is 0 Å². The first-order valence-electron chi connectivity index (χ1n) is 15.1. The van der Waals surface area contributed by atoms with Gasteiger partial charge >= 0.3 is 0 Å². The minimum atomic E-state index is -0.351. The van der Waals surface area contributed by atoms with E-state index in [9.17, 15) is 8.78 Å². The van der Waals surface area contributed by atoms with Gasteiger partial charge in [-0.2, -0.15) is 0 Å². The first-order chi connectivity index (χ1) is 23.3. The van der Waals surface area contributed by atoms with Gasteiger partial charge in [-0.15, -0.1) is 0 Å². The molecule has 0 aliphatic heterocycles. The Balaban J connectivity index is 1.41. The van der Waals surface area contributed by atoms with Gasteiger partial charge < -0.3 is 21.4 Å². The Bertz CT molecular complexity index is 2340. The number of aromatic nitrogens is 4. The Labute approximate surface area is 272 Å². The van der Waals surface area contributed by atoms with E-state index in [1.54, 1.807) is 60.9 Å². The van der Waals surface area contributed by atoms with Crippen molar-refractivity contribution < 1.29 is 13.6 Å². The van der Waals surface area contributed by atoms with Crippen LogP contribution in [0.2, 0.25) is 0 Å². The van der Waals surface area contributed by atoms with Gasteiger partial charge in [-0.25, -0.2) is 18.7 Å². The fraction of sp³-hybridized carbons (Fsp3) is 0. The molecule has 8 aromatic rings. The molecule has 0 atom stereocenters. The van der Waals surface area contributed by atoms with Crippen LogP contribution in [0, 0.1) is 11.6 Å². The zero-order valence-corrected chi connectivity index (χ0v) is 25.3. The van der Waals surface area contributed by atoms with Crippen LogP contribution in [0.4, 0.5) is 20.2 Å². The lowest BCUT2D eigenvalue weighted by molar-refractivity contribution is 0.104. The number of halogens is 2. The van der Waals surface area contributed by atoms with E-state index >= 15 is 4.79 Å². The van der Waals surface area contributed by atoms with Crippen LogP contribution >= 0.6 is 0 Å². The topological polar surface area (TPSA) is 126 Å². The predicted octanol–water partition coefficient (Wildman–Crippen LogP) is 8.78. The Kier molecular flexibility index (Phi) is 6.80. The standard InChI is InChI=1S/C39H26F2N6O/c40-27-11-7-21(8-12-27)25-17-31-33(35(46-38(31)44-19-25)23-3-1-5-29(42)15-23)37(48)34-32-18-26(22-9-13-28(41)14-10-22)20-45-39(32)47-36(34)24-4-2-6-30(43)16-24/h1-20H,42-43H2,(H,44,46)(H,45,47). The van der Waals surface area contributed by atoms with Crippen LogP contribution in [0.5, 0.6) is 0 Å². The molecule has 0 aliphatic rings. The number of ketones is 1. The van der Waals surface area contributed by atoms with Gasteiger partial charge in [0, 0.05) is 56.8 Å². The second kappa shape index (κ2) is 11.3. The van der Waals surface area contributed by atoms with Gasteiger partial charge in [0.25, 0.3) is 0 Å². The molecule has 0 fully saturated rings. The summed E-state index contributed by atoms with van der Waals surface area (Å²) < 4.78 is 27.6. The number of fused-ring (bicyclic) bond motifs is 2. The SMILES string of the molecule is Nc1cccc(-c2[nH]c3ncc(-c4ccc(F)cc4)cc3c2C(=O)c2c(-c3cccc(N)c3)[nH]c3ncc(-c4ccc(F)cc4)cc23)c1. The average molecular weight is 633 g/mol. The lowest BCUT2D eigenvalue weighted by Crippen LogP contribution is -2.05. The lowest BCUT2D eigenvalue weighted by atomic mass is 9.93. The normalized spacial score (nSPS) is 11.4. The van der Waals surface area contributed by atoms with Crippen molar-refractivity contribution >= 4 is 39.2 Å². The summed E-state index contributed by atoms with van der Waals surface area (Å²) in [6.07, 6.45) is 3.37. The summed E-state index contributed by atoms with van der Waals surface area (Å²) in [4.78, 5) is 31.4. The minimum Gasteiger partial charge on any atom is -0.399 e. The van der Waals surface area contributed by atoms with Crippen molar-refractivity contribution in [2.24, 2.45) is 0 Å². The van der Waals surface area contributed by atoms with Crippen molar-refractivity contribution in [3.05, 3.63) is 144 Å². The van der Waals surface area contributed by atoms with Crippen LogP contribution in [-0.2, 0) is 0 Å². The number of pyridine rings is 2. The molecule has 0 aliphatic carbocycles. The second-order valence-corrected chi connectivity index (χ2v) is 11.6. The van der Waals surface area contributed by atoms with Gasteiger partial charge in [0.15, 0.2) is 5.78 Å². The zero-order chi connectivity index (χ0) is 32.9. The molecule has 0 saturated carbocycles. The summed E-state index contributed by atoms with van der Waals surface area (Å²) in [6.45, 7) is 0. The number of carbonyl (C=O) groups excluding carboxylic acids is 1. The van der Waals surface area contributed by atoms with Gasteiger partial charge in [-0.05, 0) is 71.8 Å². The summed E-state index contributed by atoms with van der Waals surface area (Å²) in [7, 11) is 0. The number of nitrogens with zero attached hydrogens (tertiary/aromatic N) is 2. The average Bonchev–Trinajstić information content (AvgIpc) is 3.67. The number of nitrogens with two attached hydrogens (primary N) is 2. The van der Waals surface area contributed by atoms with E-state index in [1.807, 2.05) is 36.4 Å². The third-order valence-corrected chi connectivity index (χ3v) is 8.46. The fourth-order valence-corrected chi connectivity index (χ4v) is 6.16. The number of aromatic amines is 2. The van der Waals surface area contributed by atoms with Gasteiger partial charge in [0.2, 0.25) is 0 Å². The zero-order valence-electron chi connectivity index (χ0n) is 25.3. The molecule has 4 aromatic carbocycles. The van der Waals surface area contributed by atoms with E-state index in [0.717, 1.165) is 11.1 Å². The van der Waals surface area contributed by atoms with E-state index in [2.05, 4.69) is 19.9 Å². The summed E-state index contributed by atoms with van der Waals surface area (Å²) in [5.41, 5.74) is 20.6. The number of hydrogen-bond acceptors (Lipinski definition) is 5. The quantitative estimate of drug-likeness (QED) is 0.108. The molecular weight excluding hydrogens is 606 g/mol. The van der Waals surface area contributed by atoms with Crippen molar-refractivity contribution in [1.29, 1.82) is 0 Å². The molecule has 0 unspecified atom stereocenters. The maximum atomic E-state index is 15.3. The third-order valence-electron chi connectivity index (χ3n) is 8.46. The van der Waals surface area contributed by atoms with Gasteiger partial charge in [-0.1, -0.05) is 48.5 Å². The molecule has 4 aromatic heterocycles. The molecule has 0 spiro atoms. The number of hydrogen-bond donors (Lipinski definition) is 4. The van der Waals surface area contributed by atoms with E-state index in [4.69, 9.17) is 11.5 Å². The molecule has 0 amide bonds. The van der Waals surface area contributed by atoms with Crippen LogP contribution < -0.4 is 11.5 Å². The van der Waals surface area contributed by atoms with Crippen molar-refractivity contribution in [3.63, 3.8) is 0 Å². The Morgan fingerprint density at radius 2 is 0.938 bits per heavy atom. The maximum absolute atomic E-state index is 15.3. The highest BCUT2D eigenvalue weighted by molar-refractivity contribution is 6.27. The number of anilines is 2. The molecule has 9 heteroatoms. The molecule has 8 rings (SSSR count). The fourth-order valence-electron chi connectivity index (χ4n) is 6.16. The smallest absolute Gasteiger partial charge is 0.198 e. The molecule has 0 radical (unpaired) electrons. The molecule has 0 bridgehead atoms. The first-order valence-corrected chi connectivity index (χ1v) is 15.1. The molecule has 6 N–H and O–H groups in total. The van der Waals surface area contributed by atoms with Crippen LogP contribution in [0.25, 0.3) is 66.8 Å². The maximum Gasteiger partial charge on any atom is 0.198 e. The number of benzene rings is 4. The van der Waals surface area contributed by atoms with Gasteiger partial charge in [0.1, 0.15) is 22.9 Å². The summed E-state index contributed by atoms with van der Waals surface area (Å²) in [5, 5.41) is 1.16. The second-order valence-electron chi connectivity index (χ2n) is 11.6. The molecule has 7 nitrogen and oxygen atoms in total.